The number of hydrogen-bond acceptors (Lipinski definition) is 4. The van der Waals surface area contributed by atoms with Crippen LogP contribution in [0.5, 0.6) is 5.75 Å². The Morgan fingerprint density at radius 1 is 1.24 bits per heavy atom. The molecule has 130 valence electrons. The van der Waals surface area contributed by atoms with Crippen LogP contribution < -0.4 is 4.74 Å². The Balaban J connectivity index is 1.64. The molecule has 25 heavy (non-hydrogen) atoms. The highest BCUT2D eigenvalue weighted by Crippen LogP contribution is 2.30. The van der Waals surface area contributed by atoms with Crippen LogP contribution >= 0.6 is 11.6 Å². The fraction of sp³-hybridized carbons (Fsp3) is 0.263. The van der Waals surface area contributed by atoms with Gasteiger partial charge in [-0.25, -0.2) is 4.39 Å². The Labute approximate surface area is 149 Å². The summed E-state index contributed by atoms with van der Waals surface area (Å²) in [7, 11) is 0. The highest BCUT2D eigenvalue weighted by molar-refractivity contribution is 6.30. The van der Waals surface area contributed by atoms with Crippen molar-refractivity contribution < 1.29 is 23.5 Å². The molecule has 0 radical (unpaired) electrons. The van der Waals surface area contributed by atoms with Gasteiger partial charge in [-0.1, -0.05) is 11.6 Å². The number of ether oxygens (including phenoxy) is 2. The standard InChI is InChI=1S/C19H16ClFO4/c1-11(18(22)12-2-5-16(21)6-3-12)25-19(23)14-8-13-9-15(20)4-7-17(13)24-10-14/h2-7,9,11,14H,8,10H2,1H3/t11-,14-/m0/s1. The number of rotatable bonds is 4. The van der Waals surface area contributed by atoms with Gasteiger partial charge in [0.25, 0.3) is 0 Å². The van der Waals surface area contributed by atoms with Crippen molar-refractivity contribution in [2.45, 2.75) is 19.4 Å². The third kappa shape index (κ3) is 3.99. The molecular weight excluding hydrogens is 347 g/mol. The van der Waals surface area contributed by atoms with Gasteiger partial charge in [-0.05, 0) is 61.4 Å². The zero-order valence-corrected chi connectivity index (χ0v) is 14.3. The molecule has 0 saturated heterocycles. The zero-order chi connectivity index (χ0) is 18.0. The number of hydrogen-bond donors (Lipinski definition) is 0. The monoisotopic (exact) mass is 362 g/mol. The maximum atomic E-state index is 12.9. The van der Waals surface area contributed by atoms with Gasteiger partial charge in [-0.3, -0.25) is 9.59 Å². The largest absolute Gasteiger partial charge is 0.492 e. The fourth-order valence-corrected chi connectivity index (χ4v) is 2.88. The minimum atomic E-state index is -0.960. The van der Waals surface area contributed by atoms with Gasteiger partial charge in [0.2, 0.25) is 5.78 Å². The Hall–Kier alpha value is -2.40. The summed E-state index contributed by atoms with van der Waals surface area (Å²) >= 11 is 5.97. The van der Waals surface area contributed by atoms with Crippen LogP contribution in [0.25, 0.3) is 0 Å². The SMILES string of the molecule is C[C@H](OC(=O)[C@@H]1COc2ccc(Cl)cc2C1)C(=O)c1ccc(F)cc1. The lowest BCUT2D eigenvalue weighted by molar-refractivity contribution is -0.152. The molecule has 0 aromatic heterocycles. The van der Waals surface area contributed by atoms with Crippen LogP contribution in [0.1, 0.15) is 22.8 Å². The number of halogens is 2. The minimum absolute atomic E-state index is 0.185. The lowest BCUT2D eigenvalue weighted by Crippen LogP contribution is -2.34. The molecule has 3 rings (SSSR count). The molecule has 0 amide bonds. The second-order valence-electron chi connectivity index (χ2n) is 5.91. The Kier molecular flexibility index (Phi) is 5.04. The summed E-state index contributed by atoms with van der Waals surface area (Å²) < 4.78 is 23.8. The van der Waals surface area contributed by atoms with E-state index in [-0.39, 0.29) is 12.4 Å². The van der Waals surface area contributed by atoms with Crippen LogP contribution in [0.4, 0.5) is 4.39 Å². The van der Waals surface area contributed by atoms with E-state index in [1.165, 1.54) is 31.2 Å². The number of Topliss-reactive ketones (excluding diaryl/α,β-unsaturated/α-hetero) is 1. The van der Waals surface area contributed by atoms with Crippen LogP contribution in [0.3, 0.4) is 0 Å². The second-order valence-corrected chi connectivity index (χ2v) is 6.35. The van der Waals surface area contributed by atoms with E-state index >= 15 is 0 Å². The van der Waals surface area contributed by atoms with Gasteiger partial charge in [-0.15, -0.1) is 0 Å². The molecule has 0 saturated carbocycles. The van der Waals surface area contributed by atoms with Gasteiger partial charge >= 0.3 is 5.97 Å². The zero-order valence-electron chi connectivity index (χ0n) is 13.5. The highest BCUT2D eigenvalue weighted by atomic mass is 35.5. The van der Waals surface area contributed by atoms with E-state index < -0.39 is 23.8 Å². The van der Waals surface area contributed by atoms with Crippen molar-refractivity contribution in [1.29, 1.82) is 0 Å². The first kappa shape index (κ1) is 17.4. The van der Waals surface area contributed by atoms with E-state index in [1.54, 1.807) is 18.2 Å². The summed E-state index contributed by atoms with van der Waals surface area (Å²) in [6, 6.07) is 10.4. The van der Waals surface area contributed by atoms with Crippen molar-refractivity contribution in [3.63, 3.8) is 0 Å². The normalized spacial score (nSPS) is 17.2. The molecule has 6 heteroatoms. The Bertz CT molecular complexity index is 804. The summed E-state index contributed by atoms with van der Waals surface area (Å²) in [5, 5.41) is 0.566. The van der Waals surface area contributed by atoms with Gasteiger partial charge in [-0.2, -0.15) is 0 Å². The summed E-state index contributed by atoms with van der Waals surface area (Å²) in [4.78, 5) is 24.6. The lowest BCUT2D eigenvalue weighted by Gasteiger charge is -2.25. The first-order chi connectivity index (χ1) is 11.9. The maximum Gasteiger partial charge on any atom is 0.313 e. The predicted molar refractivity (Wildman–Crippen MR) is 90.4 cm³/mol. The molecular formula is C19H16ClFO4. The topological polar surface area (TPSA) is 52.6 Å². The fourth-order valence-electron chi connectivity index (χ4n) is 2.69. The molecule has 0 unspecified atom stereocenters. The molecule has 2 atom stereocenters. The van der Waals surface area contributed by atoms with Gasteiger partial charge in [0.15, 0.2) is 6.10 Å². The van der Waals surface area contributed by atoms with Gasteiger partial charge < -0.3 is 9.47 Å². The quantitative estimate of drug-likeness (QED) is 0.612. The van der Waals surface area contributed by atoms with Gasteiger partial charge in [0.1, 0.15) is 18.2 Å². The highest BCUT2D eigenvalue weighted by Gasteiger charge is 2.30. The summed E-state index contributed by atoms with van der Waals surface area (Å²) in [5.41, 5.74) is 1.12. The van der Waals surface area contributed by atoms with Crippen molar-refractivity contribution in [2.75, 3.05) is 6.61 Å². The number of ketones is 1. The number of carbonyl (C=O) groups excluding carboxylic acids is 2. The molecule has 0 spiro atoms. The number of carbonyl (C=O) groups is 2. The van der Waals surface area contributed by atoms with Crippen LogP contribution in [-0.2, 0) is 16.0 Å². The predicted octanol–water partition coefficient (Wildman–Crippen LogP) is 3.84. The maximum absolute atomic E-state index is 12.9. The molecule has 1 aliphatic heterocycles. The van der Waals surface area contributed by atoms with E-state index in [1.807, 2.05) is 0 Å². The average molecular weight is 363 g/mol. The molecule has 1 heterocycles. The van der Waals surface area contributed by atoms with Crippen molar-refractivity contribution >= 4 is 23.4 Å². The lowest BCUT2D eigenvalue weighted by atomic mass is 9.97. The number of esters is 1. The molecule has 0 bridgehead atoms. The van der Waals surface area contributed by atoms with Crippen molar-refractivity contribution in [2.24, 2.45) is 5.92 Å². The summed E-state index contributed by atoms with van der Waals surface area (Å²) in [5.74, 6) is -1.13. The van der Waals surface area contributed by atoms with Crippen molar-refractivity contribution in [1.82, 2.24) is 0 Å². The minimum Gasteiger partial charge on any atom is -0.492 e. The second kappa shape index (κ2) is 7.23. The van der Waals surface area contributed by atoms with Gasteiger partial charge in [0.05, 0.1) is 5.92 Å². The van der Waals surface area contributed by atoms with Gasteiger partial charge in [0, 0.05) is 10.6 Å². The molecule has 2 aromatic carbocycles. The first-order valence-corrected chi connectivity index (χ1v) is 8.23. The van der Waals surface area contributed by atoms with Crippen LogP contribution in [0.2, 0.25) is 5.02 Å². The van der Waals surface area contributed by atoms with Crippen molar-refractivity contribution in [3.05, 3.63) is 64.4 Å². The number of benzene rings is 2. The molecule has 0 fully saturated rings. The van der Waals surface area contributed by atoms with Crippen LogP contribution in [0.15, 0.2) is 42.5 Å². The number of fused-ring (bicyclic) bond motifs is 1. The molecule has 0 N–H and O–H groups in total. The Morgan fingerprint density at radius 3 is 2.68 bits per heavy atom. The third-order valence-corrected chi connectivity index (χ3v) is 4.29. The molecule has 4 nitrogen and oxygen atoms in total. The Morgan fingerprint density at radius 2 is 1.96 bits per heavy atom. The van der Waals surface area contributed by atoms with E-state index in [0.717, 1.165) is 5.56 Å². The van der Waals surface area contributed by atoms with E-state index in [2.05, 4.69) is 0 Å². The van der Waals surface area contributed by atoms with E-state index in [0.29, 0.717) is 22.8 Å². The average Bonchev–Trinajstić information content (AvgIpc) is 2.61. The smallest absolute Gasteiger partial charge is 0.313 e. The molecule has 1 aliphatic rings. The van der Waals surface area contributed by atoms with Crippen molar-refractivity contribution in [3.8, 4) is 5.75 Å². The molecule has 2 aromatic rings. The molecule has 0 aliphatic carbocycles. The van der Waals surface area contributed by atoms with Crippen LogP contribution in [-0.4, -0.2) is 24.5 Å². The summed E-state index contributed by atoms with van der Waals surface area (Å²) in [6.07, 6.45) is -0.523. The summed E-state index contributed by atoms with van der Waals surface area (Å²) in [6.45, 7) is 1.68. The first-order valence-electron chi connectivity index (χ1n) is 7.85. The van der Waals surface area contributed by atoms with Crippen LogP contribution in [0, 0.1) is 11.7 Å². The third-order valence-electron chi connectivity index (χ3n) is 4.05. The van der Waals surface area contributed by atoms with E-state index in [9.17, 15) is 14.0 Å². The van der Waals surface area contributed by atoms with E-state index in [4.69, 9.17) is 21.1 Å².